The van der Waals surface area contributed by atoms with Gasteiger partial charge in [-0.1, -0.05) is 120 Å². The van der Waals surface area contributed by atoms with E-state index in [2.05, 4.69) is 231 Å². The first kappa shape index (κ1) is 35.4. The van der Waals surface area contributed by atoms with Crippen LogP contribution in [0.3, 0.4) is 0 Å². The minimum absolute atomic E-state index is 0.0768. The van der Waals surface area contributed by atoms with Crippen molar-refractivity contribution in [3.8, 4) is 33.4 Å². The fourth-order valence-electron chi connectivity index (χ4n) is 8.94. The van der Waals surface area contributed by atoms with E-state index in [9.17, 15) is 0 Å². The summed E-state index contributed by atoms with van der Waals surface area (Å²) < 4.78 is 0. The van der Waals surface area contributed by atoms with Crippen LogP contribution in [0.5, 0.6) is 0 Å². The number of para-hydroxylation sites is 4. The van der Waals surface area contributed by atoms with Crippen molar-refractivity contribution < 1.29 is 0 Å². The summed E-state index contributed by atoms with van der Waals surface area (Å²) in [4.78, 5) is 9.90. The van der Waals surface area contributed by atoms with E-state index >= 15 is 0 Å². The molecule has 0 aromatic heterocycles. The lowest BCUT2D eigenvalue weighted by molar-refractivity contribution is 0.345. The molecule has 1 fully saturated rings. The Bertz CT molecular complexity index is 2480. The second-order valence-electron chi connectivity index (χ2n) is 16.5. The molecule has 2 aliphatic rings. The quantitative estimate of drug-likeness (QED) is 0.162. The largest absolute Gasteiger partial charge is 0.346 e. The maximum absolute atomic E-state index is 2.56. The van der Waals surface area contributed by atoms with Crippen LogP contribution in [0.25, 0.3) is 33.4 Å². The lowest BCUT2D eigenvalue weighted by Gasteiger charge is -2.43. The normalized spacial score (nSPS) is 15.7. The fourth-order valence-corrected chi connectivity index (χ4v) is 8.94. The van der Waals surface area contributed by atoms with Crippen LogP contribution in [0.15, 0.2) is 170 Å². The van der Waals surface area contributed by atoms with E-state index in [0.717, 1.165) is 13.3 Å². The SMILES string of the molecule is Cc1cc(C)cc(-c2c(-c3ccc(N4CN(c5ccccc5)c5ccccc54)cc3)cccc2-c2ccc(N3CN(c4ccccc4)C(C)(C)C3(C)C)cc2)c1. The molecule has 278 valence electrons. The molecular formula is C52H50N4. The predicted octanol–water partition coefficient (Wildman–Crippen LogP) is 13.4. The molecule has 0 atom stereocenters. The average Bonchev–Trinajstić information content (AvgIpc) is 3.69. The molecule has 1 saturated heterocycles. The van der Waals surface area contributed by atoms with Crippen molar-refractivity contribution in [2.24, 2.45) is 0 Å². The van der Waals surface area contributed by atoms with Crippen LogP contribution in [0.1, 0.15) is 38.8 Å². The molecular weight excluding hydrogens is 681 g/mol. The van der Waals surface area contributed by atoms with E-state index in [1.54, 1.807) is 0 Å². The van der Waals surface area contributed by atoms with Crippen molar-refractivity contribution in [3.05, 3.63) is 181 Å². The first-order valence-electron chi connectivity index (χ1n) is 19.8. The molecule has 0 N–H and O–H groups in total. The first-order chi connectivity index (χ1) is 27.1. The summed E-state index contributed by atoms with van der Waals surface area (Å²) in [6.45, 7) is 15.5. The Hall–Kier alpha value is -6.26. The molecule has 4 nitrogen and oxygen atoms in total. The van der Waals surface area contributed by atoms with Crippen LogP contribution in [0.4, 0.5) is 34.1 Å². The van der Waals surface area contributed by atoms with Crippen LogP contribution in [-0.4, -0.2) is 24.4 Å². The summed E-state index contributed by atoms with van der Waals surface area (Å²) in [5.74, 6) is 0. The number of hydrogen-bond acceptors (Lipinski definition) is 4. The monoisotopic (exact) mass is 730 g/mol. The molecule has 0 amide bonds. The Labute approximate surface area is 332 Å². The molecule has 0 saturated carbocycles. The Morgan fingerprint density at radius 1 is 0.375 bits per heavy atom. The number of anilines is 6. The maximum atomic E-state index is 2.56. The van der Waals surface area contributed by atoms with E-state index in [-0.39, 0.29) is 11.1 Å². The highest BCUT2D eigenvalue weighted by molar-refractivity contribution is 5.95. The highest BCUT2D eigenvalue weighted by Gasteiger charge is 2.52. The summed E-state index contributed by atoms with van der Waals surface area (Å²) in [5, 5.41) is 0. The predicted molar refractivity (Wildman–Crippen MR) is 239 cm³/mol. The van der Waals surface area contributed by atoms with E-state index in [4.69, 9.17) is 0 Å². The van der Waals surface area contributed by atoms with Crippen molar-refractivity contribution in [3.63, 3.8) is 0 Å². The Kier molecular flexibility index (Phi) is 8.73. The average molecular weight is 731 g/mol. The number of rotatable bonds is 7. The van der Waals surface area contributed by atoms with Gasteiger partial charge >= 0.3 is 0 Å². The molecule has 2 heterocycles. The zero-order valence-corrected chi connectivity index (χ0v) is 33.4. The Morgan fingerprint density at radius 2 is 0.786 bits per heavy atom. The topological polar surface area (TPSA) is 13.0 Å². The van der Waals surface area contributed by atoms with Gasteiger partial charge in [-0.05, 0) is 136 Å². The Morgan fingerprint density at radius 3 is 1.29 bits per heavy atom. The third-order valence-corrected chi connectivity index (χ3v) is 12.6. The summed E-state index contributed by atoms with van der Waals surface area (Å²) in [5.41, 5.74) is 17.1. The van der Waals surface area contributed by atoms with Crippen LogP contribution in [0, 0.1) is 13.8 Å². The highest BCUT2D eigenvalue weighted by atomic mass is 15.5. The molecule has 0 aliphatic carbocycles. The number of aryl methyl sites for hydroxylation is 2. The highest BCUT2D eigenvalue weighted by Crippen LogP contribution is 2.47. The van der Waals surface area contributed by atoms with Gasteiger partial charge in [0.1, 0.15) is 6.67 Å². The number of hydrogen-bond donors (Lipinski definition) is 0. The van der Waals surface area contributed by atoms with E-state index in [1.807, 2.05) is 0 Å². The third-order valence-electron chi connectivity index (χ3n) is 12.6. The van der Waals surface area contributed by atoms with Gasteiger partial charge in [0.2, 0.25) is 0 Å². The summed E-state index contributed by atoms with van der Waals surface area (Å²) in [6, 6.07) is 62.4. The molecule has 2 aliphatic heterocycles. The molecule has 9 rings (SSSR count). The second kappa shape index (κ2) is 13.8. The van der Waals surface area contributed by atoms with Crippen LogP contribution >= 0.6 is 0 Å². The van der Waals surface area contributed by atoms with Crippen LogP contribution < -0.4 is 19.6 Å². The van der Waals surface area contributed by atoms with Crippen molar-refractivity contribution >= 4 is 34.1 Å². The van der Waals surface area contributed by atoms with Crippen molar-refractivity contribution in [1.29, 1.82) is 0 Å². The van der Waals surface area contributed by atoms with Gasteiger partial charge in [0, 0.05) is 22.7 Å². The minimum Gasteiger partial charge on any atom is -0.346 e. The van der Waals surface area contributed by atoms with Crippen LogP contribution in [0.2, 0.25) is 0 Å². The molecule has 0 bridgehead atoms. The fraction of sp³-hybridized carbons (Fsp3) is 0.192. The van der Waals surface area contributed by atoms with Crippen molar-refractivity contribution in [2.75, 3.05) is 32.9 Å². The zero-order chi connectivity index (χ0) is 38.6. The van der Waals surface area contributed by atoms with Gasteiger partial charge < -0.3 is 19.6 Å². The smallest absolute Gasteiger partial charge is 0.100 e. The van der Waals surface area contributed by atoms with Gasteiger partial charge in [0.15, 0.2) is 0 Å². The molecule has 0 spiro atoms. The molecule has 7 aromatic rings. The van der Waals surface area contributed by atoms with E-state index in [1.165, 1.54) is 78.6 Å². The number of nitrogens with zero attached hydrogens (tertiary/aromatic N) is 4. The van der Waals surface area contributed by atoms with Gasteiger partial charge in [-0.3, -0.25) is 0 Å². The van der Waals surface area contributed by atoms with E-state index in [0.29, 0.717) is 0 Å². The van der Waals surface area contributed by atoms with Gasteiger partial charge in [-0.15, -0.1) is 0 Å². The molecule has 4 heteroatoms. The zero-order valence-electron chi connectivity index (χ0n) is 33.4. The summed E-state index contributed by atoms with van der Waals surface area (Å²) in [7, 11) is 0. The maximum Gasteiger partial charge on any atom is 0.100 e. The van der Waals surface area contributed by atoms with Gasteiger partial charge in [0.25, 0.3) is 0 Å². The summed E-state index contributed by atoms with van der Waals surface area (Å²) >= 11 is 0. The lowest BCUT2D eigenvalue weighted by Crippen LogP contribution is -2.54. The molecule has 0 unspecified atom stereocenters. The van der Waals surface area contributed by atoms with E-state index < -0.39 is 0 Å². The first-order valence-corrected chi connectivity index (χ1v) is 19.8. The van der Waals surface area contributed by atoms with Gasteiger partial charge in [-0.2, -0.15) is 0 Å². The number of fused-ring (bicyclic) bond motifs is 1. The van der Waals surface area contributed by atoms with Crippen LogP contribution in [-0.2, 0) is 0 Å². The van der Waals surface area contributed by atoms with Crippen molar-refractivity contribution in [1.82, 2.24) is 0 Å². The number of benzene rings is 7. The minimum atomic E-state index is -0.0995. The molecule has 7 aromatic carbocycles. The molecule has 56 heavy (non-hydrogen) atoms. The van der Waals surface area contributed by atoms with Crippen molar-refractivity contribution in [2.45, 2.75) is 52.6 Å². The lowest BCUT2D eigenvalue weighted by atomic mass is 9.81. The molecule has 0 radical (unpaired) electrons. The second-order valence-corrected chi connectivity index (χ2v) is 16.5. The van der Waals surface area contributed by atoms with Gasteiger partial charge in [-0.25, -0.2) is 0 Å². The Balaban J connectivity index is 1.08. The van der Waals surface area contributed by atoms with Gasteiger partial charge in [0.05, 0.1) is 29.1 Å². The standard InChI is InChI=1S/C52H50N4/c1-37-32-38(2)34-41(33-37)50-46(39-24-28-43(29-25-39)54-35-53(42-16-9-7-10-17-42)48-22-13-14-23-49(48)54)20-15-21-47(50)40-26-30-45(31-27-40)56-36-55(44-18-11-8-12-19-44)51(3,4)52(56,5)6/h7-34H,35-36H2,1-6H3. The third kappa shape index (κ3) is 6.01. The summed E-state index contributed by atoms with van der Waals surface area (Å²) in [6.07, 6.45) is 0.